The van der Waals surface area contributed by atoms with Gasteiger partial charge in [-0.1, -0.05) is 27.7 Å². The molecule has 0 aliphatic heterocycles. The van der Waals surface area contributed by atoms with Crippen molar-refractivity contribution in [2.75, 3.05) is 6.54 Å². The first kappa shape index (κ1) is 16.3. The van der Waals surface area contributed by atoms with E-state index in [0.717, 1.165) is 18.9 Å². The van der Waals surface area contributed by atoms with Gasteiger partial charge < -0.3 is 10.1 Å². The van der Waals surface area contributed by atoms with E-state index < -0.39 is 0 Å². The van der Waals surface area contributed by atoms with Crippen molar-refractivity contribution in [3.63, 3.8) is 0 Å². The zero-order valence-corrected chi connectivity index (χ0v) is 14.7. The monoisotopic (exact) mass is 281 g/mol. The van der Waals surface area contributed by atoms with Gasteiger partial charge >= 0.3 is 0 Å². The average Bonchev–Trinajstić information content (AvgIpc) is 2.66. The van der Waals surface area contributed by atoms with E-state index in [1.807, 2.05) is 0 Å². The molecule has 0 aromatic rings. The van der Waals surface area contributed by atoms with Crippen molar-refractivity contribution in [3.8, 4) is 0 Å². The van der Waals surface area contributed by atoms with Gasteiger partial charge in [0.15, 0.2) is 0 Å². The third-order valence-electron chi connectivity index (χ3n) is 6.39. The first-order valence-electron chi connectivity index (χ1n) is 8.50. The SMILES string of the molecule is CCC(CNC(C)(C)C)OC1CC2CCC1(C)C2(C)C. The molecule has 0 aromatic carbocycles. The second-order valence-corrected chi connectivity index (χ2v) is 8.90. The van der Waals surface area contributed by atoms with Gasteiger partial charge in [-0.05, 0) is 63.2 Å². The summed E-state index contributed by atoms with van der Waals surface area (Å²) in [4.78, 5) is 0. The van der Waals surface area contributed by atoms with Crippen LogP contribution in [0.15, 0.2) is 0 Å². The molecule has 2 fully saturated rings. The molecule has 4 atom stereocenters. The molecule has 0 amide bonds. The number of hydrogen-bond acceptors (Lipinski definition) is 2. The first-order chi connectivity index (χ1) is 9.10. The van der Waals surface area contributed by atoms with E-state index in [2.05, 4.69) is 53.8 Å². The fraction of sp³-hybridized carbons (Fsp3) is 1.00. The Hall–Kier alpha value is -0.0800. The lowest BCUT2D eigenvalue weighted by Gasteiger charge is -2.40. The van der Waals surface area contributed by atoms with Gasteiger partial charge in [-0.25, -0.2) is 0 Å². The summed E-state index contributed by atoms with van der Waals surface area (Å²) >= 11 is 0. The van der Waals surface area contributed by atoms with E-state index in [-0.39, 0.29) is 5.54 Å². The molecular formula is C18H35NO. The highest BCUT2D eigenvalue weighted by atomic mass is 16.5. The van der Waals surface area contributed by atoms with Crippen molar-refractivity contribution in [3.05, 3.63) is 0 Å². The largest absolute Gasteiger partial charge is 0.373 e. The maximum absolute atomic E-state index is 6.57. The van der Waals surface area contributed by atoms with Crippen molar-refractivity contribution in [2.24, 2.45) is 16.7 Å². The predicted molar refractivity (Wildman–Crippen MR) is 85.9 cm³/mol. The molecule has 2 saturated carbocycles. The summed E-state index contributed by atoms with van der Waals surface area (Å²) in [5.74, 6) is 0.866. The van der Waals surface area contributed by atoms with Crippen molar-refractivity contribution in [2.45, 2.75) is 91.9 Å². The smallest absolute Gasteiger partial charge is 0.0701 e. The molecule has 1 N–H and O–H groups in total. The Morgan fingerprint density at radius 3 is 2.30 bits per heavy atom. The minimum atomic E-state index is 0.175. The molecular weight excluding hydrogens is 246 g/mol. The quantitative estimate of drug-likeness (QED) is 0.807. The van der Waals surface area contributed by atoms with Crippen LogP contribution in [0.1, 0.15) is 74.1 Å². The Labute approximate surface area is 126 Å². The van der Waals surface area contributed by atoms with Gasteiger partial charge in [0.05, 0.1) is 12.2 Å². The molecule has 20 heavy (non-hydrogen) atoms. The van der Waals surface area contributed by atoms with Crippen LogP contribution in [0.2, 0.25) is 0 Å². The first-order valence-corrected chi connectivity index (χ1v) is 8.50. The van der Waals surface area contributed by atoms with Crippen LogP contribution in [0.25, 0.3) is 0 Å². The van der Waals surface area contributed by atoms with Gasteiger partial charge in [-0.3, -0.25) is 0 Å². The molecule has 0 saturated heterocycles. The lowest BCUT2D eigenvalue weighted by atomic mass is 9.70. The molecule has 2 aliphatic carbocycles. The van der Waals surface area contributed by atoms with E-state index in [1.54, 1.807) is 0 Å². The standard InChI is InChI=1S/C18H35NO/c1-8-14(12-19-16(2,3)4)20-15-11-13-9-10-18(15,7)17(13,5)6/h13-15,19H,8-12H2,1-7H3. The third-order valence-corrected chi connectivity index (χ3v) is 6.39. The van der Waals surface area contributed by atoms with Crippen LogP contribution in [0.4, 0.5) is 0 Å². The van der Waals surface area contributed by atoms with Crippen LogP contribution in [-0.4, -0.2) is 24.3 Å². The zero-order chi connectivity index (χ0) is 15.2. The fourth-order valence-electron chi connectivity index (χ4n) is 4.28. The Bertz CT molecular complexity index is 344. The molecule has 2 heteroatoms. The summed E-state index contributed by atoms with van der Waals surface area (Å²) in [6.07, 6.45) is 5.93. The second kappa shape index (κ2) is 5.28. The van der Waals surface area contributed by atoms with E-state index in [4.69, 9.17) is 4.74 Å². The molecule has 0 heterocycles. The van der Waals surface area contributed by atoms with Crippen LogP contribution in [0.5, 0.6) is 0 Å². The Morgan fingerprint density at radius 2 is 1.90 bits per heavy atom. The molecule has 118 valence electrons. The zero-order valence-electron chi connectivity index (χ0n) is 14.7. The Morgan fingerprint density at radius 1 is 1.25 bits per heavy atom. The van der Waals surface area contributed by atoms with Gasteiger partial charge in [0.25, 0.3) is 0 Å². The van der Waals surface area contributed by atoms with Gasteiger partial charge in [-0.2, -0.15) is 0 Å². The van der Waals surface area contributed by atoms with Crippen molar-refractivity contribution in [1.82, 2.24) is 5.32 Å². The molecule has 0 aromatic heterocycles. The molecule has 4 unspecified atom stereocenters. The summed E-state index contributed by atoms with van der Waals surface area (Å²) in [5.41, 5.74) is 1.01. The molecule has 0 radical (unpaired) electrons. The number of fused-ring (bicyclic) bond motifs is 2. The van der Waals surface area contributed by atoms with Gasteiger partial charge in [0.2, 0.25) is 0 Å². The minimum Gasteiger partial charge on any atom is -0.373 e. The lowest BCUT2D eigenvalue weighted by molar-refractivity contribution is -0.0874. The predicted octanol–water partition coefficient (Wildman–Crippen LogP) is 4.38. The maximum Gasteiger partial charge on any atom is 0.0701 e. The minimum absolute atomic E-state index is 0.175. The van der Waals surface area contributed by atoms with Crippen LogP contribution in [-0.2, 0) is 4.74 Å². The molecule has 2 rings (SSSR count). The number of hydrogen-bond donors (Lipinski definition) is 1. The van der Waals surface area contributed by atoms with E-state index in [1.165, 1.54) is 19.3 Å². The van der Waals surface area contributed by atoms with E-state index >= 15 is 0 Å². The summed E-state index contributed by atoms with van der Waals surface area (Å²) in [5, 5.41) is 3.60. The van der Waals surface area contributed by atoms with Crippen LogP contribution in [0, 0.1) is 16.7 Å². The Kier molecular flexibility index (Phi) is 4.30. The molecule has 2 aliphatic rings. The summed E-state index contributed by atoms with van der Waals surface area (Å²) in [7, 11) is 0. The normalized spacial score (nSPS) is 37.4. The second-order valence-electron chi connectivity index (χ2n) is 8.90. The van der Waals surface area contributed by atoms with Crippen LogP contribution < -0.4 is 5.32 Å². The Balaban J connectivity index is 1.96. The van der Waals surface area contributed by atoms with Crippen molar-refractivity contribution in [1.29, 1.82) is 0 Å². The summed E-state index contributed by atoms with van der Waals surface area (Å²) < 4.78 is 6.57. The van der Waals surface area contributed by atoms with Crippen molar-refractivity contribution >= 4 is 0 Å². The summed E-state index contributed by atoms with van der Waals surface area (Å²) in [6.45, 7) is 17.3. The molecule has 0 spiro atoms. The highest BCUT2D eigenvalue weighted by molar-refractivity contribution is 5.11. The van der Waals surface area contributed by atoms with Crippen LogP contribution in [0.3, 0.4) is 0 Å². The highest BCUT2D eigenvalue weighted by Gasteiger charge is 2.62. The fourth-order valence-corrected chi connectivity index (χ4v) is 4.28. The topological polar surface area (TPSA) is 21.3 Å². The van der Waals surface area contributed by atoms with Crippen LogP contribution >= 0.6 is 0 Å². The highest BCUT2D eigenvalue weighted by Crippen LogP contribution is 2.66. The summed E-state index contributed by atoms with van der Waals surface area (Å²) in [6, 6.07) is 0. The average molecular weight is 281 g/mol. The van der Waals surface area contributed by atoms with E-state index in [9.17, 15) is 0 Å². The number of nitrogens with one attached hydrogen (secondary N) is 1. The van der Waals surface area contributed by atoms with E-state index in [0.29, 0.717) is 23.0 Å². The molecule has 2 bridgehead atoms. The number of rotatable bonds is 5. The maximum atomic E-state index is 6.57. The van der Waals surface area contributed by atoms with Gasteiger partial charge in [-0.15, -0.1) is 0 Å². The van der Waals surface area contributed by atoms with Gasteiger partial charge in [0.1, 0.15) is 0 Å². The third kappa shape index (κ3) is 2.78. The van der Waals surface area contributed by atoms with Gasteiger partial charge in [0, 0.05) is 12.1 Å². The molecule has 2 nitrogen and oxygen atoms in total. The van der Waals surface area contributed by atoms with Crippen molar-refractivity contribution < 1.29 is 4.74 Å². The number of ether oxygens (including phenoxy) is 1. The lowest BCUT2D eigenvalue weighted by Crippen LogP contribution is -2.45.